The van der Waals surface area contributed by atoms with Crippen molar-refractivity contribution in [1.82, 2.24) is 0 Å². The maximum Gasteiger partial charge on any atom is 0.306 e. The Labute approximate surface area is 148 Å². The lowest BCUT2D eigenvalue weighted by molar-refractivity contribution is -0.153. The number of esters is 1. The summed E-state index contributed by atoms with van der Waals surface area (Å²) in [5.41, 5.74) is 2.84. The van der Waals surface area contributed by atoms with Crippen LogP contribution in [-0.2, 0) is 20.7 Å². The largest absolute Gasteiger partial charge is 0.453 e. The molecule has 0 bridgehead atoms. The Kier molecular flexibility index (Phi) is 6.36. The van der Waals surface area contributed by atoms with Crippen LogP contribution in [0.25, 0.3) is 0 Å². The van der Waals surface area contributed by atoms with Crippen molar-refractivity contribution < 1.29 is 14.3 Å². The topological polar surface area (TPSA) is 55.4 Å². The first kappa shape index (κ1) is 17.7. The maximum atomic E-state index is 12.1. The summed E-state index contributed by atoms with van der Waals surface area (Å²) in [6.45, 7) is 3.54. The van der Waals surface area contributed by atoms with Gasteiger partial charge in [0.05, 0.1) is 5.69 Å². The number of amides is 1. The molecule has 0 fully saturated rings. The Morgan fingerprint density at radius 1 is 1.35 bits per heavy atom. The van der Waals surface area contributed by atoms with Gasteiger partial charge in [0.1, 0.15) is 0 Å². The van der Waals surface area contributed by atoms with Crippen LogP contribution in [0.4, 0.5) is 5.69 Å². The fourth-order valence-electron chi connectivity index (χ4n) is 1.95. The molecule has 2 rings (SSSR count). The predicted octanol–water partition coefficient (Wildman–Crippen LogP) is 4.32. The van der Waals surface area contributed by atoms with Gasteiger partial charge in [0.25, 0.3) is 5.91 Å². The molecule has 1 heterocycles. The SMILES string of the molecule is Cc1ccc(NC(=O)[C@@H](C)OC(=O)CCc2ccsc2)c(Br)c1. The Bertz CT molecular complexity index is 685. The Hall–Kier alpha value is -1.66. The van der Waals surface area contributed by atoms with E-state index in [2.05, 4.69) is 21.2 Å². The molecule has 122 valence electrons. The van der Waals surface area contributed by atoms with E-state index in [-0.39, 0.29) is 18.3 Å². The standard InChI is InChI=1S/C17H18BrNO3S/c1-11-3-5-15(14(18)9-11)19-17(21)12(2)22-16(20)6-4-13-7-8-23-10-13/h3,5,7-10,12H,4,6H2,1-2H3,(H,19,21)/t12-/m1/s1. The van der Waals surface area contributed by atoms with Gasteiger partial charge in [0.15, 0.2) is 6.10 Å². The number of hydrogen-bond donors (Lipinski definition) is 1. The Morgan fingerprint density at radius 2 is 2.13 bits per heavy atom. The van der Waals surface area contributed by atoms with Gasteiger partial charge in [-0.25, -0.2) is 0 Å². The van der Waals surface area contributed by atoms with Gasteiger partial charge in [0.2, 0.25) is 0 Å². The van der Waals surface area contributed by atoms with E-state index < -0.39 is 6.10 Å². The maximum absolute atomic E-state index is 12.1. The van der Waals surface area contributed by atoms with Gasteiger partial charge in [-0.05, 0) is 76.3 Å². The van der Waals surface area contributed by atoms with Crippen LogP contribution in [0.3, 0.4) is 0 Å². The van der Waals surface area contributed by atoms with Gasteiger partial charge in [-0.15, -0.1) is 0 Å². The second-order valence-corrected chi connectivity index (χ2v) is 6.87. The molecule has 1 aromatic carbocycles. The average molecular weight is 396 g/mol. The second-order valence-electron chi connectivity index (χ2n) is 5.24. The monoisotopic (exact) mass is 395 g/mol. The number of aryl methyl sites for hydroxylation is 2. The molecule has 1 N–H and O–H groups in total. The molecule has 0 saturated carbocycles. The van der Waals surface area contributed by atoms with Gasteiger partial charge in [0, 0.05) is 10.9 Å². The third-order valence-corrected chi connectivity index (χ3v) is 4.65. The van der Waals surface area contributed by atoms with Gasteiger partial charge >= 0.3 is 5.97 Å². The molecule has 0 unspecified atom stereocenters. The highest BCUT2D eigenvalue weighted by Crippen LogP contribution is 2.23. The summed E-state index contributed by atoms with van der Waals surface area (Å²) in [5.74, 6) is -0.722. The molecular formula is C17H18BrNO3S. The van der Waals surface area contributed by atoms with Gasteiger partial charge in [-0.2, -0.15) is 11.3 Å². The highest BCUT2D eigenvalue weighted by Gasteiger charge is 2.18. The lowest BCUT2D eigenvalue weighted by Crippen LogP contribution is -2.30. The summed E-state index contributed by atoms with van der Waals surface area (Å²) in [6.07, 6.45) is 0.0566. The first-order chi connectivity index (χ1) is 11.0. The highest BCUT2D eigenvalue weighted by atomic mass is 79.9. The third-order valence-electron chi connectivity index (χ3n) is 3.26. The number of carbonyl (C=O) groups is 2. The van der Waals surface area contributed by atoms with Crippen molar-refractivity contribution in [2.24, 2.45) is 0 Å². The highest BCUT2D eigenvalue weighted by molar-refractivity contribution is 9.10. The fraction of sp³-hybridized carbons (Fsp3) is 0.294. The van der Waals surface area contributed by atoms with Crippen molar-refractivity contribution in [2.75, 3.05) is 5.32 Å². The van der Waals surface area contributed by atoms with Crippen LogP contribution in [0.15, 0.2) is 39.5 Å². The van der Waals surface area contributed by atoms with Gasteiger partial charge in [-0.3, -0.25) is 9.59 Å². The van der Waals surface area contributed by atoms with Crippen LogP contribution in [-0.4, -0.2) is 18.0 Å². The molecule has 2 aromatic rings. The molecule has 0 spiro atoms. The lowest BCUT2D eigenvalue weighted by atomic mass is 10.2. The molecule has 1 atom stereocenters. The molecule has 0 saturated heterocycles. The molecule has 4 nitrogen and oxygen atoms in total. The number of benzene rings is 1. The quantitative estimate of drug-likeness (QED) is 0.740. The zero-order valence-electron chi connectivity index (χ0n) is 13.0. The summed E-state index contributed by atoms with van der Waals surface area (Å²) in [6, 6.07) is 7.59. The molecule has 1 amide bonds. The Balaban J connectivity index is 1.83. The van der Waals surface area contributed by atoms with E-state index >= 15 is 0 Å². The molecule has 0 aliphatic rings. The number of nitrogens with one attached hydrogen (secondary N) is 1. The van der Waals surface area contributed by atoms with Gasteiger partial charge in [-0.1, -0.05) is 6.07 Å². The number of halogens is 1. The van der Waals surface area contributed by atoms with Crippen LogP contribution < -0.4 is 5.32 Å². The number of carbonyl (C=O) groups excluding carboxylic acids is 2. The summed E-state index contributed by atoms with van der Waals surface area (Å²) >= 11 is 4.99. The Morgan fingerprint density at radius 3 is 2.78 bits per heavy atom. The average Bonchev–Trinajstić information content (AvgIpc) is 3.01. The molecule has 0 aliphatic carbocycles. The first-order valence-corrected chi connectivity index (χ1v) is 8.97. The van der Waals surface area contributed by atoms with E-state index in [0.717, 1.165) is 15.6 Å². The van der Waals surface area contributed by atoms with Crippen LogP contribution in [0, 0.1) is 6.92 Å². The number of anilines is 1. The summed E-state index contributed by atoms with van der Waals surface area (Å²) < 4.78 is 5.98. The molecule has 1 aromatic heterocycles. The normalized spacial score (nSPS) is 11.8. The van der Waals surface area contributed by atoms with Gasteiger partial charge < -0.3 is 10.1 Å². The summed E-state index contributed by atoms with van der Waals surface area (Å²) in [7, 11) is 0. The number of hydrogen-bond acceptors (Lipinski definition) is 4. The molecule has 0 radical (unpaired) electrons. The first-order valence-electron chi connectivity index (χ1n) is 7.23. The van der Waals surface area contributed by atoms with Crippen LogP contribution in [0.2, 0.25) is 0 Å². The van der Waals surface area contributed by atoms with Crippen molar-refractivity contribution in [2.45, 2.75) is 32.8 Å². The third kappa shape index (κ3) is 5.48. The van der Waals surface area contributed by atoms with E-state index in [1.165, 1.54) is 0 Å². The molecule has 6 heteroatoms. The second kappa shape index (κ2) is 8.26. The van der Waals surface area contributed by atoms with Crippen molar-refractivity contribution in [3.8, 4) is 0 Å². The molecular weight excluding hydrogens is 378 g/mol. The minimum Gasteiger partial charge on any atom is -0.453 e. The molecule has 23 heavy (non-hydrogen) atoms. The minimum absolute atomic E-state index is 0.266. The minimum atomic E-state index is -0.835. The van der Waals surface area contributed by atoms with Crippen molar-refractivity contribution in [3.63, 3.8) is 0 Å². The zero-order valence-corrected chi connectivity index (χ0v) is 15.4. The smallest absolute Gasteiger partial charge is 0.306 e. The van der Waals surface area contributed by atoms with Crippen molar-refractivity contribution >= 4 is 44.8 Å². The van der Waals surface area contributed by atoms with E-state index in [1.807, 2.05) is 41.9 Å². The van der Waals surface area contributed by atoms with E-state index in [1.54, 1.807) is 18.3 Å². The van der Waals surface area contributed by atoms with Crippen LogP contribution >= 0.6 is 27.3 Å². The van der Waals surface area contributed by atoms with Crippen LogP contribution in [0.1, 0.15) is 24.5 Å². The predicted molar refractivity (Wildman–Crippen MR) is 95.7 cm³/mol. The number of thiophene rings is 1. The van der Waals surface area contributed by atoms with Crippen molar-refractivity contribution in [1.29, 1.82) is 0 Å². The van der Waals surface area contributed by atoms with Crippen molar-refractivity contribution in [3.05, 3.63) is 50.6 Å². The molecule has 0 aliphatic heterocycles. The van der Waals surface area contributed by atoms with E-state index in [4.69, 9.17) is 4.74 Å². The zero-order chi connectivity index (χ0) is 16.8. The van der Waals surface area contributed by atoms with E-state index in [0.29, 0.717) is 12.1 Å². The van der Waals surface area contributed by atoms with E-state index in [9.17, 15) is 9.59 Å². The fourth-order valence-corrected chi connectivity index (χ4v) is 3.24. The number of rotatable bonds is 6. The summed E-state index contributed by atoms with van der Waals surface area (Å²) in [4.78, 5) is 23.9. The number of ether oxygens (including phenoxy) is 1. The lowest BCUT2D eigenvalue weighted by Gasteiger charge is -2.14. The van der Waals surface area contributed by atoms with Crippen LogP contribution in [0.5, 0.6) is 0 Å². The summed E-state index contributed by atoms with van der Waals surface area (Å²) in [5, 5.41) is 6.72.